The van der Waals surface area contributed by atoms with Crippen molar-refractivity contribution in [1.82, 2.24) is 5.32 Å². The lowest BCUT2D eigenvalue weighted by Crippen LogP contribution is -2.43. The van der Waals surface area contributed by atoms with Crippen LogP contribution in [-0.2, 0) is 14.3 Å². The summed E-state index contributed by atoms with van der Waals surface area (Å²) in [6.07, 6.45) is -3.47. The van der Waals surface area contributed by atoms with Crippen LogP contribution in [0.15, 0.2) is 30.3 Å². The van der Waals surface area contributed by atoms with Gasteiger partial charge in [0.25, 0.3) is 5.91 Å². The first-order chi connectivity index (χ1) is 8.06. The number of aliphatic carboxylic acids is 1. The number of benzene rings is 1. The number of ether oxygens (including phenoxy) is 1. The van der Waals surface area contributed by atoms with Gasteiger partial charge in [-0.15, -0.1) is 0 Å². The highest BCUT2D eigenvalue weighted by Gasteiger charge is 2.25. The van der Waals surface area contributed by atoms with Crippen LogP contribution >= 0.6 is 0 Å². The molecule has 0 aliphatic carbocycles. The second kappa shape index (κ2) is 5.95. The Morgan fingerprint density at radius 2 is 1.94 bits per heavy atom. The van der Waals surface area contributed by atoms with Gasteiger partial charge in [0.15, 0.2) is 0 Å². The number of carboxylic acids is 1. The first-order valence-electron chi connectivity index (χ1n) is 4.81. The average Bonchev–Trinajstić information content (AvgIpc) is 2.35. The monoisotopic (exact) mass is 241 g/mol. The topological polar surface area (TPSA) is 75.6 Å². The van der Waals surface area contributed by atoms with Gasteiger partial charge in [0.1, 0.15) is 0 Å². The summed E-state index contributed by atoms with van der Waals surface area (Å²) < 4.78 is 18.1. The molecule has 0 heterocycles. The lowest BCUT2D eigenvalue weighted by molar-refractivity contribution is -0.154. The zero-order chi connectivity index (χ0) is 12.8. The van der Waals surface area contributed by atoms with E-state index < -0.39 is 24.3 Å². The van der Waals surface area contributed by atoms with Crippen LogP contribution in [0.5, 0.6) is 0 Å². The Balaban J connectivity index is 2.68. The number of hydrogen-bond donors (Lipinski definition) is 2. The van der Waals surface area contributed by atoms with Crippen LogP contribution in [0.25, 0.3) is 0 Å². The van der Waals surface area contributed by atoms with Crippen molar-refractivity contribution >= 4 is 11.9 Å². The van der Waals surface area contributed by atoms with Gasteiger partial charge >= 0.3 is 5.97 Å². The largest absolute Gasteiger partial charge is 0.478 e. The van der Waals surface area contributed by atoms with Crippen molar-refractivity contribution in [3.8, 4) is 0 Å². The molecule has 17 heavy (non-hydrogen) atoms. The maximum atomic E-state index is 13.6. The Labute approximate surface area is 97.2 Å². The highest BCUT2D eigenvalue weighted by Crippen LogP contribution is 2.16. The second-order valence-electron chi connectivity index (χ2n) is 3.24. The van der Waals surface area contributed by atoms with Crippen molar-refractivity contribution in [2.24, 2.45) is 0 Å². The Morgan fingerprint density at radius 1 is 1.35 bits per heavy atom. The molecule has 5 nitrogen and oxygen atoms in total. The van der Waals surface area contributed by atoms with Gasteiger partial charge in [-0.3, -0.25) is 4.79 Å². The summed E-state index contributed by atoms with van der Waals surface area (Å²) in [5, 5.41) is 10.5. The average molecular weight is 241 g/mol. The number of nitrogens with one attached hydrogen (secondary N) is 1. The van der Waals surface area contributed by atoms with Crippen LogP contribution in [0, 0.1) is 0 Å². The lowest BCUT2D eigenvalue weighted by Gasteiger charge is -2.14. The van der Waals surface area contributed by atoms with E-state index >= 15 is 0 Å². The summed E-state index contributed by atoms with van der Waals surface area (Å²) in [5.74, 6) is -2.44. The molecule has 0 saturated carbocycles. The molecule has 0 bridgehead atoms. The molecule has 2 atom stereocenters. The van der Waals surface area contributed by atoms with Crippen LogP contribution in [-0.4, -0.2) is 30.3 Å². The number of carboxylic acid groups (broad SMARTS) is 1. The van der Waals surface area contributed by atoms with Crippen LogP contribution in [0.3, 0.4) is 0 Å². The molecule has 2 unspecified atom stereocenters. The summed E-state index contributed by atoms with van der Waals surface area (Å²) in [5.41, 5.74) is 0.158. The van der Waals surface area contributed by atoms with Crippen LogP contribution < -0.4 is 5.32 Å². The highest BCUT2D eigenvalue weighted by molar-refractivity contribution is 5.86. The van der Waals surface area contributed by atoms with E-state index in [9.17, 15) is 14.0 Å². The SMILES string of the molecule is COC(NC(=O)C(F)c1ccccc1)C(=O)O. The standard InChI is InChI=1S/C11H12FNO4/c1-17-10(11(15)16)13-9(14)8(12)7-5-3-2-4-6-7/h2-6,8,10H,1H3,(H,13,14)(H,15,16). The van der Waals surface area contributed by atoms with Gasteiger partial charge in [0.2, 0.25) is 12.4 Å². The molecule has 0 radical (unpaired) electrons. The van der Waals surface area contributed by atoms with Gasteiger partial charge < -0.3 is 15.2 Å². The number of halogens is 1. The van der Waals surface area contributed by atoms with E-state index in [0.717, 1.165) is 7.11 Å². The first kappa shape index (κ1) is 13.1. The maximum absolute atomic E-state index is 13.6. The minimum Gasteiger partial charge on any atom is -0.478 e. The van der Waals surface area contributed by atoms with Gasteiger partial charge in [-0.25, -0.2) is 9.18 Å². The molecule has 0 aliphatic heterocycles. The third kappa shape index (κ3) is 3.53. The molecule has 0 saturated heterocycles. The molecule has 0 spiro atoms. The first-order valence-corrected chi connectivity index (χ1v) is 4.81. The zero-order valence-electron chi connectivity index (χ0n) is 9.09. The van der Waals surface area contributed by atoms with Crippen LogP contribution in [0.2, 0.25) is 0 Å². The number of rotatable bonds is 5. The predicted octanol–water partition coefficient (Wildman–Crippen LogP) is 0.871. The molecule has 0 aromatic heterocycles. The minimum atomic E-state index is -1.92. The summed E-state index contributed by atoms with van der Waals surface area (Å²) in [4.78, 5) is 22.0. The smallest absolute Gasteiger partial charge is 0.354 e. The van der Waals surface area contributed by atoms with E-state index in [0.29, 0.717) is 0 Å². The molecular weight excluding hydrogens is 229 g/mol. The van der Waals surface area contributed by atoms with Crippen molar-refractivity contribution < 1.29 is 23.8 Å². The quantitative estimate of drug-likeness (QED) is 0.750. The maximum Gasteiger partial charge on any atom is 0.354 e. The number of carbonyl (C=O) groups excluding carboxylic acids is 1. The lowest BCUT2D eigenvalue weighted by atomic mass is 10.1. The van der Waals surface area contributed by atoms with Gasteiger partial charge in [-0.05, 0) is 5.56 Å². The predicted molar refractivity (Wildman–Crippen MR) is 56.9 cm³/mol. The van der Waals surface area contributed by atoms with E-state index in [-0.39, 0.29) is 5.56 Å². The number of carbonyl (C=O) groups is 2. The van der Waals surface area contributed by atoms with Crippen molar-refractivity contribution in [2.75, 3.05) is 7.11 Å². The number of alkyl halides is 1. The van der Waals surface area contributed by atoms with Gasteiger partial charge in [0, 0.05) is 7.11 Å². The molecule has 92 valence electrons. The molecule has 6 heteroatoms. The zero-order valence-corrected chi connectivity index (χ0v) is 9.09. The van der Waals surface area contributed by atoms with Crippen molar-refractivity contribution in [1.29, 1.82) is 0 Å². The van der Waals surface area contributed by atoms with Crippen LogP contribution in [0.1, 0.15) is 11.7 Å². The van der Waals surface area contributed by atoms with Gasteiger partial charge in [-0.2, -0.15) is 0 Å². The molecular formula is C11H12FNO4. The summed E-state index contributed by atoms with van der Waals surface area (Å²) in [6.45, 7) is 0. The highest BCUT2D eigenvalue weighted by atomic mass is 19.1. The molecule has 1 aromatic carbocycles. The molecule has 1 aromatic rings. The summed E-state index contributed by atoms with van der Waals surface area (Å²) in [6, 6.07) is 7.73. The molecule has 1 amide bonds. The molecule has 1 rings (SSSR count). The van der Waals surface area contributed by atoms with E-state index in [4.69, 9.17) is 5.11 Å². The molecule has 2 N–H and O–H groups in total. The third-order valence-corrected chi connectivity index (χ3v) is 2.06. The van der Waals surface area contributed by atoms with Crippen molar-refractivity contribution in [3.63, 3.8) is 0 Å². The Bertz CT molecular complexity index is 396. The van der Waals surface area contributed by atoms with Crippen molar-refractivity contribution in [2.45, 2.75) is 12.4 Å². The van der Waals surface area contributed by atoms with Gasteiger partial charge in [0.05, 0.1) is 0 Å². The number of methoxy groups -OCH3 is 1. The fourth-order valence-electron chi connectivity index (χ4n) is 1.20. The normalized spacial score (nSPS) is 13.8. The van der Waals surface area contributed by atoms with Gasteiger partial charge in [-0.1, -0.05) is 30.3 Å². The van der Waals surface area contributed by atoms with E-state index in [1.54, 1.807) is 18.2 Å². The number of amides is 1. The molecule has 0 aliphatic rings. The Morgan fingerprint density at radius 3 is 2.41 bits per heavy atom. The second-order valence-corrected chi connectivity index (χ2v) is 3.24. The Kier molecular flexibility index (Phi) is 4.59. The van der Waals surface area contributed by atoms with E-state index in [1.807, 2.05) is 5.32 Å². The van der Waals surface area contributed by atoms with Crippen molar-refractivity contribution in [3.05, 3.63) is 35.9 Å². The van der Waals surface area contributed by atoms with E-state index in [2.05, 4.69) is 4.74 Å². The minimum absolute atomic E-state index is 0.158. The van der Waals surface area contributed by atoms with Crippen LogP contribution in [0.4, 0.5) is 4.39 Å². The van der Waals surface area contributed by atoms with E-state index in [1.165, 1.54) is 12.1 Å². The summed E-state index contributed by atoms with van der Waals surface area (Å²) in [7, 11) is 1.11. The molecule has 0 fully saturated rings. The third-order valence-electron chi connectivity index (χ3n) is 2.06. The summed E-state index contributed by atoms with van der Waals surface area (Å²) >= 11 is 0. The fourth-order valence-corrected chi connectivity index (χ4v) is 1.20. The fraction of sp³-hybridized carbons (Fsp3) is 0.273. The number of hydrogen-bond acceptors (Lipinski definition) is 3. The Hall–Kier alpha value is -1.95.